The van der Waals surface area contributed by atoms with Crippen LogP contribution in [0.1, 0.15) is 6.42 Å². The number of rotatable bonds is 6. The lowest BCUT2D eigenvalue weighted by atomic mass is 10.1. The zero-order valence-corrected chi connectivity index (χ0v) is 13.5. The van der Waals surface area contributed by atoms with Crippen molar-refractivity contribution in [3.05, 3.63) is 24.3 Å². The van der Waals surface area contributed by atoms with Crippen LogP contribution in [0.4, 0.5) is 5.69 Å². The number of hydrogen-bond acceptors (Lipinski definition) is 5. The van der Waals surface area contributed by atoms with E-state index in [4.69, 9.17) is 4.74 Å². The molecule has 126 valence electrons. The number of piperazine rings is 1. The predicted molar refractivity (Wildman–Crippen MR) is 86.7 cm³/mol. The minimum absolute atomic E-state index is 0.0644. The summed E-state index contributed by atoms with van der Waals surface area (Å²) in [5.74, 6) is -0.565. The number of carboxylic acid groups (broad SMARTS) is 1. The van der Waals surface area contributed by atoms with Crippen molar-refractivity contribution in [2.75, 3.05) is 45.7 Å². The van der Waals surface area contributed by atoms with Gasteiger partial charge in [0.2, 0.25) is 5.91 Å². The molecule has 0 spiro atoms. The molecule has 7 heteroatoms. The Kier molecular flexibility index (Phi) is 5.95. The molecule has 1 aliphatic rings. The summed E-state index contributed by atoms with van der Waals surface area (Å²) in [6.07, 6.45) is -0.0644. The number of nitrogens with zero attached hydrogens (tertiary/aromatic N) is 2. The molecule has 1 aromatic carbocycles. The molecule has 0 saturated carbocycles. The van der Waals surface area contributed by atoms with E-state index in [1.165, 1.54) is 0 Å². The van der Waals surface area contributed by atoms with Crippen LogP contribution in [0.3, 0.4) is 0 Å². The van der Waals surface area contributed by atoms with Gasteiger partial charge in [-0.25, -0.2) is 0 Å². The summed E-state index contributed by atoms with van der Waals surface area (Å²) in [6, 6.07) is 6.14. The SMILES string of the molecule is COc1ccc(NC(=O)C[C@H](C(=O)O)N2CCN(C)CC2)cc1. The maximum Gasteiger partial charge on any atom is 0.321 e. The maximum atomic E-state index is 12.1. The summed E-state index contributed by atoms with van der Waals surface area (Å²) in [5.41, 5.74) is 0.623. The molecule has 1 atom stereocenters. The molecule has 2 rings (SSSR count). The zero-order chi connectivity index (χ0) is 16.8. The maximum absolute atomic E-state index is 12.1. The molecule has 0 unspecified atom stereocenters. The molecule has 1 fully saturated rings. The standard InChI is InChI=1S/C16H23N3O4/c1-18-7-9-19(10-8-18)14(16(21)22)11-15(20)17-12-3-5-13(23-2)6-4-12/h3-6,14H,7-11H2,1-2H3,(H,17,20)(H,21,22)/t14-/m1/s1. The van der Waals surface area contributed by atoms with Gasteiger partial charge in [0.15, 0.2) is 0 Å². The van der Waals surface area contributed by atoms with E-state index in [0.717, 1.165) is 13.1 Å². The van der Waals surface area contributed by atoms with Crippen LogP contribution in [-0.4, -0.2) is 73.2 Å². The number of hydrogen-bond donors (Lipinski definition) is 2. The van der Waals surface area contributed by atoms with Gasteiger partial charge in [0.1, 0.15) is 11.8 Å². The van der Waals surface area contributed by atoms with E-state index < -0.39 is 12.0 Å². The van der Waals surface area contributed by atoms with Crippen molar-refractivity contribution in [3.63, 3.8) is 0 Å². The third-order valence-corrected chi connectivity index (χ3v) is 4.02. The Balaban J connectivity index is 1.93. The molecule has 1 aliphatic heterocycles. The predicted octanol–water partition coefficient (Wildman–Crippen LogP) is 0.724. The van der Waals surface area contributed by atoms with Gasteiger partial charge in [0.05, 0.1) is 13.5 Å². The second-order valence-electron chi connectivity index (χ2n) is 5.67. The fraction of sp³-hybridized carbons (Fsp3) is 0.500. The first kappa shape index (κ1) is 17.2. The molecule has 7 nitrogen and oxygen atoms in total. The van der Waals surface area contributed by atoms with E-state index in [-0.39, 0.29) is 12.3 Å². The first-order chi connectivity index (χ1) is 11.0. The highest BCUT2D eigenvalue weighted by Gasteiger charge is 2.30. The Labute approximate surface area is 135 Å². The average molecular weight is 321 g/mol. The van der Waals surface area contributed by atoms with E-state index in [1.54, 1.807) is 31.4 Å². The molecule has 1 aromatic rings. The molecule has 23 heavy (non-hydrogen) atoms. The number of anilines is 1. The van der Waals surface area contributed by atoms with Crippen LogP contribution in [0.5, 0.6) is 5.75 Å². The van der Waals surface area contributed by atoms with Gasteiger partial charge in [-0.3, -0.25) is 14.5 Å². The van der Waals surface area contributed by atoms with E-state index in [9.17, 15) is 14.7 Å². The Morgan fingerprint density at radius 3 is 2.35 bits per heavy atom. The topological polar surface area (TPSA) is 82.1 Å². The van der Waals surface area contributed by atoms with Crippen LogP contribution < -0.4 is 10.1 Å². The normalized spacial score (nSPS) is 17.5. The van der Waals surface area contributed by atoms with Crippen molar-refractivity contribution in [1.82, 2.24) is 9.80 Å². The summed E-state index contributed by atoms with van der Waals surface area (Å²) < 4.78 is 5.06. The van der Waals surface area contributed by atoms with E-state index in [1.807, 2.05) is 11.9 Å². The van der Waals surface area contributed by atoms with Crippen molar-refractivity contribution in [1.29, 1.82) is 0 Å². The smallest absolute Gasteiger partial charge is 0.321 e. The molecule has 2 N–H and O–H groups in total. The van der Waals surface area contributed by atoms with Crippen molar-refractivity contribution in [2.24, 2.45) is 0 Å². The van der Waals surface area contributed by atoms with E-state index >= 15 is 0 Å². The molecule has 1 amide bonds. The largest absolute Gasteiger partial charge is 0.497 e. The van der Waals surface area contributed by atoms with Crippen LogP contribution >= 0.6 is 0 Å². The molecule has 0 aliphatic carbocycles. The van der Waals surface area contributed by atoms with Gasteiger partial charge in [-0.2, -0.15) is 0 Å². The number of likely N-dealkylation sites (N-methyl/N-ethyl adjacent to an activating group) is 1. The molecule has 0 aromatic heterocycles. The van der Waals surface area contributed by atoms with Crippen LogP contribution in [0.2, 0.25) is 0 Å². The summed E-state index contributed by atoms with van der Waals surface area (Å²) in [4.78, 5) is 27.6. The Morgan fingerprint density at radius 1 is 1.22 bits per heavy atom. The molecule has 0 radical (unpaired) electrons. The van der Waals surface area contributed by atoms with E-state index in [0.29, 0.717) is 24.5 Å². The second kappa shape index (κ2) is 7.94. The highest BCUT2D eigenvalue weighted by molar-refractivity contribution is 5.94. The highest BCUT2D eigenvalue weighted by Crippen LogP contribution is 2.16. The van der Waals surface area contributed by atoms with E-state index in [2.05, 4.69) is 10.2 Å². The second-order valence-corrected chi connectivity index (χ2v) is 5.67. The average Bonchev–Trinajstić information content (AvgIpc) is 2.54. The number of carboxylic acids is 1. The van der Waals surface area contributed by atoms with Crippen molar-refractivity contribution in [2.45, 2.75) is 12.5 Å². The lowest BCUT2D eigenvalue weighted by molar-refractivity contribution is -0.145. The lowest BCUT2D eigenvalue weighted by Crippen LogP contribution is -2.52. The number of carbonyl (C=O) groups excluding carboxylic acids is 1. The van der Waals surface area contributed by atoms with Crippen molar-refractivity contribution >= 4 is 17.6 Å². The molecule has 1 heterocycles. The van der Waals surface area contributed by atoms with Crippen LogP contribution in [0, 0.1) is 0 Å². The fourth-order valence-corrected chi connectivity index (χ4v) is 2.57. The lowest BCUT2D eigenvalue weighted by Gasteiger charge is -2.35. The zero-order valence-electron chi connectivity index (χ0n) is 13.5. The molecule has 1 saturated heterocycles. The minimum atomic E-state index is -0.959. The van der Waals surface area contributed by atoms with Gasteiger partial charge in [0.25, 0.3) is 0 Å². The fourth-order valence-electron chi connectivity index (χ4n) is 2.57. The summed E-state index contributed by atoms with van der Waals surface area (Å²) in [6.45, 7) is 2.93. The van der Waals surface area contributed by atoms with Gasteiger partial charge in [-0.15, -0.1) is 0 Å². The van der Waals surface area contributed by atoms with Gasteiger partial charge < -0.3 is 20.1 Å². The van der Waals surface area contributed by atoms with Crippen LogP contribution in [0.25, 0.3) is 0 Å². The third-order valence-electron chi connectivity index (χ3n) is 4.02. The number of benzene rings is 1. The summed E-state index contributed by atoms with van der Waals surface area (Å²) in [7, 11) is 3.57. The third kappa shape index (κ3) is 4.94. The van der Waals surface area contributed by atoms with Crippen LogP contribution in [-0.2, 0) is 9.59 Å². The quantitative estimate of drug-likeness (QED) is 0.804. The van der Waals surface area contributed by atoms with Crippen molar-refractivity contribution < 1.29 is 19.4 Å². The Bertz CT molecular complexity index is 539. The summed E-state index contributed by atoms with van der Waals surface area (Å²) in [5, 5.41) is 12.2. The minimum Gasteiger partial charge on any atom is -0.497 e. The molecule has 0 bridgehead atoms. The number of ether oxygens (including phenoxy) is 1. The van der Waals surface area contributed by atoms with Gasteiger partial charge in [-0.1, -0.05) is 0 Å². The van der Waals surface area contributed by atoms with Gasteiger partial charge in [-0.05, 0) is 31.3 Å². The number of aliphatic carboxylic acids is 1. The number of methoxy groups -OCH3 is 1. The Morgan fingerprint density at radius 2 is 1.83 bits per heavy atom. The number of amides is 1. The van der Waals surface area contributed by atoms with Crippen molar-refractivity contribution in [3.8, 4) is 5.75 Å². The highest BCUT2D eigenvalue weighted by atomic mass is 16.5. The summed E-state index contributed by atoms with van der Waals surface area (Å²) >= 11 is 0. The number of carbonyl (C=O) groups is 2. The molecular weight excluding hydrogens is 298 g/mol. The number of nitrogens with one attached hydrogen (secondary N) is 1. The van der Waals surface area contributed by atoms with Gasteiger partial charge in [0, 0.05) is 31.9 Å². The first-order valence-corrected chi connectivity index (χ1v) is 7.59. The van der Waals surface area contributed by atoms with Crippen LogP contribution in [0.15, 0.2) is 24.3 Å². The van der Waals surface area contributed by atoms with Gasteiger partial charge >= 0.3 is 5.97 Å². The Hall–Kier alpha value is -2.12. The first-order valence-electron chi connectivity index (χ1n) is 7.59. The monoisotopic (exact) mass is 321 g/mol. The molecular formula is C16H23N3O4.